The molecule has 0 saturated carbocycles. The van der Waals surface area contributed by atoms with Crippen LogP contribution in [0, 0.1) is 0 Å². The number of aromatic nitrogens is 2. The van der Waals surface area contributed by atoms with Crippen LogP contribution in [-0.2, 0) is 11.3 Å². The molecule has 0 spiro atoms. The fraction of sp³-hybridized carbons (Fsp3) is 0.286. The van der Waals surface area contributed by atoms with Crippen LogP contribution in [0.1, 0.15) is 6.92 Å². The number of rotatable bonds is 3. The first-order valence-corrected chi connectivity index (χ1v) is 3.47. The number of nitrogens with one attached hydrogen (secondary N) is 1. The normalized spacial score (nSPS) is 9.42. The molecule has 0 bridgehead atoms. The third kappa shape index (κ3) is 2.19. The lowest BCUT2D eigenvalue weighted by molar-refractivity contribution is -0.753. The summed E-state index contributed by atoms with van der Waals surface area (Å²) in [5, 5.41) is 6.08. The molecule has 1 aromatic rings. The molecule has 1 heterocycles. The average Bonchev–Trinajstić information content (AvgIpc) is 2.36. The standard InChI is InChI=1S/C7H9N3O2/c1-3-4-10-5-7(12-9-10)8-6(2)11/h3,5H,1,4H2,2H3/p+1. The van der Waals surface area contributed by atoms with E-state index in [-0.39, 0.29) is 5.91 Å². The van der Waals surface area contributed by atoms with E-state index in [1.54, 1.807) is 12.3 Å². The first-order chi connectivity index (χ1) is 5.72. The third-order valence-electron chi connectivity index (χ3n) is 1.13. The molecule has 0 unspecified atom stereocenters. The average molecular weight is 168 g/mol. The van der Waals surface area contributed by atoms with Gasteiger partial charge in [-0.2, -0.15) is 0 Å². The van der Waals surface area contributed by atoms with Crippen LogP contribution >= 0.6 is 0 Å². The third-order valence-corrected chi connectivity index (χ3v) is 1.13. The Morgan fingerprint density at radius 1 is 2.00 bits per heavy atom. The van der Waals surface area contributed by atoms with E-state index < -0.39 is 0 Å². The van der Waals surface area contributed by atoms with E-state index in [9.17, 15) is 4.79 Å². The Bertz CT molecular complexity index is 293. The van der Waals surface area contributed by atoms with E-state index in [0.717, 1.165) is 0 Å². The number of anilines is 1. The summed E-state index contributed by atoms with van der Waals surface area (Å²) in [5.74, 6) is 0.154. The quantitative estimate of drug-likeness (QED) is 0.514. The summed E-state index contributed by atoms with van der Waals surface area (Å²) in [5.41, 5.74) is 0. The van der Waals surface area contributed by atoms with Gasteiger partial charge >= 0.3 is 5.88 Å². The van der Waals surface area contributed by atoms with Crippen molar-refractivity contribution in [2.24, 2.45) is 0 Å². The van der Waals surface area contributed by atoms with E-state index in [4.69, 9.17) is 4.52 Å². The van der Waals surface area contributed by atoms with Crippen LogP contribution in [-0.4, -0.2) is 11.2 Å². The lowest BCUT2D eigenvalue weighted by Gasteiger charge is -1.86. The van der Waals surface area contributed by atoms with Crippen molar-refractivity contribution in [3.63, 3.8) is 0 Å². The van der Waals surface area contributed by atoms with Gasteiger partial charge in [0.15, 0.2) is 6.54 Å². The molecule has 1 rings (SSSR count). The smallest absolute Gasteiger partial charge is 0.289 e. The van der Waals surface area contributed by atoms with Gasteiger partial charge in [-0.05, 0) is 10.8 Å². The lowest BCUT2D eigenvalue weighted by atomic mass is 10.6. The van der Waals surface area contributed by atoms with Gasteiger partial charge in [0.05, 0.1) is 0 Å². The Morgan fingerprint density at radius 2 is 2.75 bits per heavy atom. The summed E-state index contributed by atoms with van der Waals surface area (Å²) in [4.78, 5) is 10.6. The molecule has 0 aromatic carbocycles. The predicted molar refractivity (Wildman–Crippen MR) is 41.2 cm³/mol. The Morgan fingerprint density at radius 3 is 3.33 bits per heavy atom. The second kappa shape index (κ2) is 3.66. The highest BCUT2D eigenvalue weighted by Crippen LogP contribution is 1.98. The topological polar surface area (TPSA) is 59.0 Å². The minimum atomic E-state index is -0.183. The molecular weight excluding hydrogens is 158 g/mol. The maximum Gasteiger partial charge on any atom is 0.302 e. The van der Waals surface area contributed by atoms with Crippen molar-refractivity contribution in [2.75, 3.05) is 5.32 Å². The van der Waals surface area contributed by atoms with Crippen molar-refractivity contribution in [1.82, 2.24) is 5.27 Å². The second-order valence-corrected chi connectivity index (χ2v) is 2.26. The monoisotopic (exact) mass is 168 g/mol. The van der Waals surface area contributed by atoms with E-state index in [2.05, 4.69) is 17.2 Å². The molecule has 1 amide bonds. The van der Waals surface area contributed by atoms with Crippen LogP contribution in [0.25, 0.3) is 0 Å². The van der Waals surface area contributed by atoms with Crippen LogP contribution in [0.2, 0.25) is 0 Å². The highest BCUT2D eigenvalue weighted by Gasteiger charge is 2.09. The van der Waals surface area contributed by atoms with Gasteiger partial charge in [-0.3, -0.25) is 14.6 Å². The van der Waals surface area contributed by atoms with Crippen LogP contribution in [0.4, 0.5) is 5.88 Å². The van der Waals surface area contributed by atoms with Gasteiger partial charge in [-0.15, -0.1) is 0 Å². The number of hydrogen-bond donors (Lipinski definition) is 1. The number of allylic oxidation sites excluding steroid dienone is 1. The van der Waals surface area contributed by atoms with Gasteiger partial charge in [-0.1, -0.05) is 6.58 Å². The highest BCUT2D eigenvalue weighted by molar-refractivity contribution is 5.86. The van der Waals surface area contributed by atoms with E-state index in [1.807, 2.05) is 0 Å². The number of hydrogen-bond acceptors (Lipinski definition) is 3. The lowest BCUT2D eigenvalue weighted by Crippen LogP contribution is -2.33. The van der Waals surface area contributed by atoms with Crippen molar-refractivity contribution >= 4 is 11.8 Å². The summed E-state index contributed by atoms with van der Waals surface area (Å²) in [7, 11) is 0. The zero-order chi connectivity index (χ0) is 8.97. The van der Waals surface area contributed by atoms with Crippen LogP contribution in [0.5, 0.6) is 0 Å². The Kier molecular flexibility index (Phi) is 2.57. The molecule has 64 valence electrons. The Balaban J connectivity index is 2.63. The minimum absolute atomic E-state index is 0.183. The zero-order valence-corrected chi connectivity index (χ0v) is 6.78. The van der Waals surface area contributed by atoms with Gasteiger partial charge in [0.25, 0.3) is 6.20 Å². The number of carbonyl (C=O) groups excluding carboxylic acids is 1. The summed E-state index contributed by atoms with van der Waals surface area (Å²) >= 11 is 0. The molecule has 12 heavy (non-hydrogen) atoms. The fourth-order valence-corrected chi connectivity index (χ4v) is 0.726. The van der Waals surface area contributed by atoms with E-state index in [0.29, 0.717) is 12.4 Å². The molecule has 1 aromatic heterocycles. The maximum absolute atomic E-state index is 10.6. The van der Waals surface area contributed by atoms with Gasteiger partial charge in [-0.25, -0.2) is 0 Å². The van der Waals surface area contributed by atoms with Crippen molar-refractivity contribution in [2.45, 2.75) is 13.5 Å². The molecular formula is C7H10N3O2+. The molecule has 5 heteroatoms. The van der Waals surface area contributed by atoms with Gasteiger partial charge in [0.1, 0.15) is 0 Å². The predicted octanol–water partition coefficient (Wildman–Crippen LogP) is 0.106. The maximum atomic E-state index is 10.6. The molecule has 0 radical (unpaired) electrons. The molecule has 0 aliphatic rings. The Hall–Kier alpha value is -1.65. The summed E-state index contributed by atoms with van der Waals surface area (Å²) in [6.07, 6.45) is 3.27. The van der Waals surface area contributed by atoms with Gasteiger partial charge in [0.2, 0.25) is 11.2 Å². The van der Waals surface area contributed by atoms with Crippen molar-refractivity contribution in [1.29, 1.82) is 0 Å². The van der Waals surface area contributed by atoms with Crippen molar-refractivity contribution < 1.29 is 14.0 Å². The highest BCUT2D eigenvalue weighted by atomic mass is 16.5. The van der Waals surface area contributed by atoms with Crippen molar-refractivity contribution in [3.05, 3.63) is 18.9 Å². The number of nitrogens with zero attached hydrogens (tertiary/aromatic N) is 2. The van der Waals surface area contributed by atoms with Gasteiger partial charge < -0.3 is 0 Å². The molecule has 0 fully saturated rings. The number of amides is 1. The van der Waals surface area contributed by atoms with Crippen LogP contribution in [0.15, 0.2) is 23.4 Å². The minimum Gasteiger partial charge on any atom is -0.289 e. The molecule has 0 aliphatic heterocycles. The Labute approximate surface area is 69.6 Å². The molecule has 5 nitrogen and oxygen atoms in total. The number of carbonyl (C=O) groups is 1. The molecule has 0 aliphatic carbocycles. The van der Waals surface area contributed by atoms with E-state index in [1.165, 1.54) is 11.6 Å². The first kappa shape index (κ1) is 8.45. The summed E-state index contributed by atoms with van der Waals surface area (Å²) < 4.78 is 6.29. The van der Waals surface area contributed by atoms with E-state index >= 15 is 0 Å². The van der Waals surface area contributed by atoms with Crippen LogP contribution in [0.3, 0.4) is 0 Å². The SMILES string of the molecule is C=CC[n+]1cc(NC(C)=O)on1. The van der Waals surface area contributed by atoms with Crippen molar-refractivity contribution in [3.8, 4) is 0 Å². The molecule has 0 saturated heterocycles. The molecule has 0 atom stereocenters. The summed E-state index contributed by atoms with van der Waals surface area (Å²) in [6, 6.07) is 0. The largest absolute Gasteiger partial charge is 0.302 e. The van der Waals surface area contributed by atoms with Gasteiger partial charge in [0, 0.05) is 6.92 Å². The first-order valence-electron chi connectivity index (χ1n) is 3.47. The summed E-state index contributed by atoms with van der Waals surface area (Å²) in [6.45, 7) is 5.50. The zero-order valence-electron chi connectivity index (χ0n) is 6.78. The second-order valence-electron chi connectivity index (χ2n) is 2.26. The van der Waals surface area contributed by atoms with Crippen LogP contribution < -0.4 is 10.00 Å². The molecule has 1 N–H and O–H groups in total. The fourth-order valence-electron chi connectivity index (χ4n) is 0.726.